The van der Waals surface area contributed by atoms with Gasteiger partial charge >= 0.3 is 49.1 Å². The zero-order valence-electron chi connectivity index (χ0n) is 5.73. The maximum Gasteiger partial charge on any atom is -0.358 e. The zero-order valence-corrected chi connectivity index (χ0v) is 8.23. The van der Waals surface area contributed by atoms with Crippen molar-refractivity contribution in [2.24, 2.45) is 0 Å². The van der Waals surface area contributed by atoms with E-state index in [9.17, 15) is 0 Å². The molecule has 0 aromatic heterocycles. The van der Waals surface area contributed by atoms with Gasteiger partial charge in [-0.2, -0.15) is 0 Å². The van der Waals surface area contributed by atoms with Gasteiger partial charge in [-0.15, -0.1) is 0 Å². The molecule has 53 valence electrons. The molecule has 0 aliphatic carbocycles. The van der Waals surface area contributed by atoms with E-state index in [4.69, 9.17) is 9.69 Å². The Morgan fingerprint density at radius 3 is 1.75 bits per heavy atom. The van der Waals surface area contributed by atoms with Crippen LogP contribution in [0.2, 0.25) is 0 Å². The van der Waals surface area contributed by atoms with Gasteiger partial charge in [-0.05, 0) is 0 Å². The van der Waals surface area contributed by atoms with Gasteiger partial charge in [0, 0.05) is 0 Å². The van der Waals surface area contributed by atoms with Crippen LogP contribution in [-0.4, -0.2) is 4.26 Å². The van der Waals surface area contributed by atoms with Crippen LogP contribution in [0.5, 0.6) is 0 Å². The monoisotopic (exact) mass is 221 g/mol. The van der Waals surface area contributed by atoms with E-state index >= 15 is 0 Å². The average Bonchev–Trinajstić information content (AvgIpc) is 1.35. The molecule has 0 unspecified atom stereocenters. The Kier molecular flexibility index (Phi) is 20.8. The third kappa shape index (κ3) is 16.0. The molecule has 0 saturated heterocycles. The van der Waals surface area contributed by atoms with Crippen molar-refractivity contribution in [2.75, 3.05) is 0 Å². The molecule has 0 rings (SSSR count). The fraction of sp³-hybridized carbons (Fsp3) is 0.333. The first-order chi connectivity index (χ1) is 2.77. The van der Waals surface area contributed by atoms with Gasteiger partial charge in [0.25, 0.3) is 0 Å². The van der Waals surface area contributed by atoms with Crippen molar-refractivity contribution in [1.82, 2.24) is 0 Å². The van der Waals surface area contributed by atoms with E-state index in [1.165, 1.54) is 5.57 Å². The van der Waals surface area contributed by atoms with E-state index in [0.717, 1.165) is 0 Å². The number of hydrogen-bond donors (Lipinski definition) is 0. The molecule has 0 aliphatic rings. The molecular weight excluding hydrogens is 209 g/mol. The summed E-state index contributed by atoms with van der Waals surface area (Å²) >= 11 is -0.109. The molecular formula is C6H12ClRu-2. The summed E-state index contributed by atoms with van der Waals surface area (Å²) in [5.74, 6) is 0. The number of allylic oxidation sites excluding steroid dienone is 1. The zero-order chi connectivity index (χ0) is 4.99. The first kappa shape index (κ1) is 15.8. The Bertz CT molecular complexity index is 86.7. The van der Waals surface area contributed by atoms with E-state index < -0.39 is 0 Å². The fourth-order valence-electron chi connectivity index (χ4n) is 0.0668. The van der Waals surface area contributed by atoms with Crippen molar-refractivity contribution in [3.63, 3.8) is 0 Å². The molecule has 0 atom stereocenters. The van der Waals surface area contributed by atoms with Crippen molar-refractivity contribution >= 4 is 14.0 Å². The third-order valence-corrected chi connectivity index (χ3v) is 1.64. The van der Waals surface area contributed by atoms with Crippen LogP contribution in [-0.2, 0) is 15.7 Å². The van der Waals surface area contributed by atoms with Crippen LogP contribution < -0.4 is 0 Å². The molecule has 0 bridgehead atoms. The van der Waals surface area contributed by atoms with Gasteiger partial charge in [-0.1, -0.05) is 0 Å². The molecule has 0 amide bonds. The topological polar surface area (TPSA) is 0 Å². The average molecular weight is 221 g/mol. The van der Waals surface area contributed by atoms with Gasteiger partial charge in [0.1, 0.15) is 0 Å². The smallest absolute Gasteiger partial charge is 0.358 e. The van der Waals surface area contributed by atoms with Crippen molar-refractivity contribution < 1.29 is 15.7 Å². The maximum absolute atomic E-state index is 5.35. The Morgan fingerprint density at radius 1 is 1.38 bits per heavy atom. The molecule has 0 aliphatic heterocycles. The van der Waals surface area contributed by atoms with Gasteiger partial charge in [0.15, 0.2) is 0 Å². The van der Waals surface area contributed by atoms with Crippen LogP contribution in [0.3, 0.4) is 0 Å². The third-order valence-electron chi connectivity index (χ3n) is 0.210. The summed E-state index contributed by atoms with van der Waals surface area (Å²) in [4.78, 5) is 0. The van der Waals surface area contributed by atoms with Gasteiger partial charge in [-0.25, -0.2) is 0 Å². The molecule has 0 radical (unpaired) electrons. The summed E-state index contributed by atoms with van der Waals surface area (Å²) in [7, 11) is 5.35. The number of halogens is 1. The molecule has 0 N–H and O–H groups in total. The Morgan fingerprint density at radius 2 is 1.75 bits per heavy atom. The predicted molar refractivity (Wildman–Crippen MR) is 38.5 cm³/mol. The van der Waals surface area contributed by atoms with E-state index in [1.54, 1.807) is 0 Å². The Balaban J connectivity index is -0.000000125. The summed E-state index contributed by atoms with van der Waals surface area (Å²) in [5.41, 5.74) is 1.20. The van der Waals surface area contributed by atoms with Gasteiger partial charge in [0.05, 0.1) is 0 Å². The largest absolute Gasteiger partial charge is 0.358 e. The van der Waals surface area contributed by atoms with Crippen molar-refractivity contribution in [2.45, 2.75) is 13.8 Å². The Hall–Kier alpha value is 0.563. The van der Waals surface area contributed by atoms with Gasteiger partial charge in [-0.3, -0.25) is 0 Å². The predicted octanol–water partition coefficient (Wildman–Crippen LogP) is 2.49. The molecule has 0 nitrogen and oxygen atoms in total. The SMILES string of the molecule is CC(C)=[C]=[Ru][Cl].[CH3-].[CH3-]. The first-order valence-corrected chi connectivity index (χ1v) is 4.67. The second kappa shape index (κ2) is 10.5. The second-order valence-electron chi connectivity index (χ2n) is 1.16. The fourth-order valence-corrected chi connectivity index (χ4v) is 1.19. The summed E-state index contributed by atoms with van der Waals surface area (Å²) < 4.78 is 2.98. The minimum Gasteiger partial charge on any atom is -0.358 e. The van der Waals surface area contributed by atoms with E-state index in [0.29, 0.717) is 0 Å². The minimum atomic E-state index is -0.109. The van der Waals surface area contributed by atoms with Crippen LogP contribution in [0.25, 0.3) is 0 Å². The second-order valence-corrected chi connectivity index (χ2v) is 2.71. The molecule has 0 heterocycles. The molecule has 0 saturated carbocycles. The molecule has 2 heteroatoms. The quantitative estimate of drug-likeness (QED) is 0.435. The summed E-state index contributed by atoms with van der Waals surface area (Å²) in [6.45, 7) is 3.99. The Labute approximate surface area is 64.1 Å². The summed E-state index contributed by atoms with van der Waals surface area (Å²) in [6, 6.07) is 0. The summed E-state index contributed by atoms with van der Waals surface area (Å²) in [5, 5.41) is 0. The molecule has 0 fully saturated rings. The van der Waals surface area contributed by atoms with Crippen LogP contribution in [0.4, 0.5) is 0 Å². The standard InChI is InChI=1S/C4H6.2CH3.ClH.Ru/c1-4(2)3;;;;/h1-2H3;2*1H3;1H;/q;2*-1;;+1/p-1. The van der Waals surface area contributed by atoms with Crippen LogP contribution in [0.15, 0.2) is 5.57 Å². The van der Waals surface area contributed by atoms with Crippen LogP contribution in [0.1, 0.15) is 13.8 Å². The minimum absolute atomic E-state index is 0. The van der Waals surface area contributed by atoms with Gasteiger partial charge < -0.3 is 14.9 Å². The molecule has 8 heavy (non-hydrogen) atoms. The summed E-state index contributed by atoms with van der Waals surface area (Å²) in [6.07, 6.45) is 0. The molecule has 0 aromatic rings. The maximum atomic E-state index is 5.35. The molecule has 0 aromatic carbocycles. The van der Waals surface area contributed by atoms with Gasteiger partial charge in [0.2, 0.25) is 0 Å². The van der Waals surface area contributed by atoms with Crippen molar-refractivity contribution in [1.29, 1.82) is 0 Å². The number of rotatable bonds is 0. The van der Waals surface area contributed by atoms with E-state index in [-0.39, 0.29) is 30.5 Å². The normalized spacial score (nSPS) is 5.38. The van der Waals surface area contributed by atoms with Crippen LogP contribution >= 0.6 is 9.69 Å². The van der Waals surface area contributed by atoms with Crippen LogP contribution in [0, 0.1) is 14.9 Å². The molecule has 0 spiro atoms. The van der Waals surface area contributed by atoms with E-state index in [2.05, 4.69) is 4.26 Å². The van der Waals surface area contributed by atoms with E-state index in [1.807, 2.05) is 13.8 Å². The van der Waals surface area contributed by atoms with Crippen molar-refractivity contribution in [3.05, 3.63) is 20.4 Å². The van der Waals surface area contributed by atoms with Crippen molar-refractivity contribution in [3.8, 4) is 0 Å². The first-order valence-electron chi connectivity index (χ1n) is 1.56. The number of hydrogen-bond acceptors (Lipinski definition) is 0.